The van der Waals surface area contributed by atoms with Crippen molar-refractivity contribution in [3.8, 4) is 0 Å². The molecule has 4 nitrogen and oxygen atoms in total. The van der Waals surface area contributed by atoms with Crippen molar-refractivity contribution in [3.63, 3.8) is 0 Å². The van der Waals surface area contributed by atoms with Gasteiger partial charge in [-0.2, -0.15) is 0 Å². The average molecular weight is 228 g/mol. The molecule has 4 heteroatoms. The van der Waals surface area contributed by atoms with Crippen LogP contribution in [-0.2, 0) is 4.74 Å². The summed E-state index contributed by atoms with van der Waals surface area (Å²) in [6.45, 7) is 8.55. The molecule has 1 aliphatic rings. The number of piperidine rings is 1. The molecule has 0 radical (unpaired) electrons. The van der Waals surface area contributed by atoms with E-state index >= 15 is 0 Å². The van der Waals surface area contributed by atoms with Gasteiger partial charge in [-0.15, -0.1) is 0 Å². The summed E-state index contributed by atoms with van der Waals surface area (Å²) >= 11 is 0. The summed E-state index contributed by atoms with van der Waals surface area (Å²) in [5, 5.41) is 3.26. The average Bonchev–Trinajstić information content (AvgIpc) is 2.14. The minimum absolute atomic E-state index is 0.186. The molecule has 0 spiro atoms. The Morgan fingerprint density at radius 1 is 1.44 bits per heavy atom. The predicted octanol–water partition coefficient (Wildman–Crippen LogP) is 1.99. The third kappa shape index (κ3) is 3.67. The maximum Gasteiger partial charge on any atom is 0.410 e. The summed E-state index contributed by atoms with van der Waals surface area (Å²) < 4.78 is 5.38. The van der Waals surface area contributed by atoms with Gasteiger partial charge in [0.1, 0.15) is 5.60 Å². The minimum atomic E-state index is -0.406. The summed E-state index contributed by atoms with van der Waals surface area (Å²) in [4.78, 5) is 13.7. The van der Waals surface area contributed by atoms with Gasteiger partial charge in [0.05, 0.1) is 0 Å². The fourth-order valence-electron chi connectivity index (χ4n) is 2.03. The molecule has 0 bridgehead atoms. The summed E-state index contributed by atoms with van der Waals surface area (Å²) in [6.07, 6.45) is 1.81. The first-order chi connectivity index (χ1) is 7.33. The van der Waals surface area contributed by atoms with E-state index in [-0.39, 0.29) is 12.1 Å². The van der Waals surface area contributed by atoms with Gasteiger partial charge in [-0.1, -0.05) is 0 Å². The Morgan fingerprint density at radius 2 is 2.06 bits per heavy atom. The first-order valence-electron chi connectivity index (χ1n) is 6.00. The molecule has 0 aromatic rings. The molecular weight excluding hydrogens is 204 g/mol. The lowest BCUT2D eigenvalue weighted by Gasteiger charge is -2.38. The highest BCUT2D eigenvalue weighted by molar-refractivity contribution is 5.68. The van der Waals surface area contributed by atoms with Crippen molar-refractivity contribution in [2.24, 2.45) is 0 Å². The van der Waals surface area contributed by atoms with Crippen LogP contribution in [0.3, 0.4) is 0 Å². The van der Waals surface area contributed by atoms with Crippen molar-refractivity contribution in [1.82, 2.24) is 10.2 Å². The lowest BCUT2D eigenvalue weighted by Crippen LogP contribution is -2.50. The zero-order chi connectivity index (χ0) is 12.3. The third-order valence-corrected chi connectivity index (χ3v) is 2.91. The largest absolute Gasteiger partial charge is 0.444 e. The van der Waals surface area contributed by atoms with Crippen LogP contribution in [0, 0.1) is 0 Å². The summed E-state index contributed by atoms with van der Waals surface area (Å²) in [7, 11) is 1.97. The molecule has 1 heterocycles. The maximum absolute atomic E-state index is 11.9. The predicted molar refractivity (Wildman–Crippen MR) is 64.5 cm³/mol. The summed E-state index contributed by atoms with van der Waals surface area (Å²) in [5.41, 5.74) is -0.406. The van der Waals surface area contributed by atoms with E-state index in [2.05, 4.69) is 12.2 Å². The number of hydrogen-bond donors (Lipinski definition) is 1. The fourth-order valence-corrected chi connectivity index (χ4v) is 2.03. The standard InChI is InChI=1S/C12H24N2O2/c1-9-8-10(13-5)6-7-14(9)11(15)16-12(2,3)4/h9-10,13H,6-8H2,1-5H3/t9-,10?/m0/s1. The molecule has 1 saturated heterocycles. The molecule has 1 aliphatic heterocycles. The van der Waals surface area contributed by atoms with Gasteiger partial charge in [0, 0.05) is 18.6 Å². The molecule has 2 atom stereocenters. The lowest BCUT2D eigenvalue weighted by molar-refractivity contribution is 0.00965. The molecular formula is C12H24N2O2. The Kier molecular flexibility index (Phi) is 4.19. The quantitative estimate of drug-likeness (QED) is 0.746. The highest BCUT2D eigenvalue weighted by atomic mass is 16.6. The smallest absolute Gasteiger partial charge is 0.410 e. The first kappa shape index (κ1) is 13.3. The fraction of sp³-hybridized carbons (Fsp3) is 0.917. The molecule has 0 saturated carbocycles. The van der Waals surface area contributed by atoms with Gasteiger partial charge in [0.15, 0.2) is 0 Å². The van der Waals surface area contributed by atoms with Crippen molar-refractivity contribution in [2.75, 3.05) is 13.6 Å². The van der Waals surface area contributed by atoms with Crippen molar-refractivity contribution in [2.45, 2.75) is 58.2 Å². The first-order valence-corrected chi connectivity index (χ1v) is 6.00. The van der Waals surface area contributed by atoms with Crippen LogP contribution in [0.15, 0.2) is 0 Å². The normalized spacial score (nSPS) is 26.7. The van der Waals surface area contributed by atoms with Crippen molar-refractivity contribution >= 4 is 6.09 Å². The topological polar surface area (TPSA) is 41.6 Å². The van der Waals surface area contributed by atoms with Crippen LogP contribution in [-0.4, -0.2) is 42.3 Å². The number of rotatable bonds is 1. The Balaban J connectivity index is 2.52. The Labute approximate surface area is 98.3 Å². The van der Waals surface area contributed by atoms with Crippen LogP contribution < -0.4 is 5.32 Å². The van der Waals surface area contributed by atoms with E-state index in [1.807, 2.05) is 32.7 Å². The number of nitrogens with one attached hydrogen (secondary N) is 1. The molecule has 1 N–H and O–H groups in total. The number of likely N-dealkylation sites (tertiary alicyclic amines) is 1. The summed E-state index contributed by atoms with van der Waals surface area (Å²) in [6, 6.07) is 0.773. The number of ether oxygens (including phenoxy) is 1. The van der Waals surface area contributed by atoms with Crippen LogP contribution in [0.1, 0.15) is 40.5 Å². The number of nitrogens with zero attached hydrogens (tertiary/aromatic N) is 1. The second-order valence-corrected chi connectivity index (χ2v) is 5.53. The number of carbonyl (C=O) groups is 1. The monoisotopic (exact) mass is 228 g/mol. The van der Waals surface area contributed by atoms with E-state index in [0.717, 1.165) is 19.4 Å². The number of carbonyl (C=O) groups excluding carboxylic acids is 1. The SMILES string of the molecule is CNC1CCN(C(=O)OC(C)(C)C)[C@@H](C)C1. The minimum Gasteiger partial charge on any atom is -0.444 e. The highest BCUT2D eigenvalue weighted by Crippen LogP contribution is 2.20. The van der Waals surface area contributed by atoms with Crippen LogP contribution in [0.2, 0.25) is 0 Å². The molecule has 94 valence electrons. The van der Waals surface area contributed by atoms with E-state index in [1.54, 1.807) is 0 Å². The second-order valence-electron chi connectivity index (χ2n) is 5.53. The molecule has 0 aromatic heterocycles. The van der Waals surface area contributed by atoms with Crippen LogP contribution >= 0.6 is 0 Å². The van der Waals surface area contributed by atoms with Crippen LogP contribution in [0.25, 0.3) is 0 Å². The number of amides is 1. The van der Waals surface area contributed by atoms with E-state index in [9.17, 15) is 4.79 Å². The van der Waals surface area contributed by atoms with E-state index in [4.69, 9.17) is 4.74 Å². The molecule has 16 heavy (non-hydrogen) atoms. The molecule has 1 unspecified atom stereocenters. The van der Waals surface area contributed by atoms with Gasteiger partial charge in [0.25, 0.3) is 0 Å². The Morgan fingerprint density at radius 3 is 2.50 bits per heavy atom. The van der Waals surface area contributed by atoms with Crippen LogP contribution in [0.5, 0.6) is 0 Å². The van der Waals surface area contributed by atoms with E-state index in [0.29, 0.717) is 6.04 Å². The van der Waals surface area contributed by atoms with Gasteiger partial charge >= 0.3 is 6.09 Å². The van der Waals surface area contributed by atoms with Gasteiger partial charge < -0.3 is 15.0 Å². The van der Waals surface area contributed by atoms with Gasteiger partial charge in [-0.3, -0.25) is 0 Å². The van der Waals surface area contributed by atoms with Gasteiger partial charge in [0.2, 0.25) is 0 Å². The molecule has 1 amide bonds. The van der Waals surface area contributed by atoms with E-state index < -0.39 is 5.60 Å². The number of hydrogen-bond acceptors (Lipinski definition) is 3. The zero-order valence-corrected chi connectivity index (χ0v) is 11.0. The van der Waals surface area contributed by atoms with E-state index in [1.165, 1.54) is 0 Å². The van der Waals surface area contributed by atoms with Crippen molar-refractivity contribution < 1.29 is 9.53 Å². The summed E-state index contributed by atoms with van der Waals surface area (Å²) in [5.74, 6) is 0. The molecule has 1 rings (SSSR count). The van der Waals surface area contributed by atoms with Crippen molar-refractivity contribution in [1.29, 1.82) is 0 Å². The van der Waals surface area contributed by atoms with Gasteiger partial charge in [-0.05, 0) is 47.6 Å². The Hall–Kier alpha value is -0.770. The lowest BCUT2D eigenvalue weighted by atomic mass is 9.99. The highest BCUT2D eigenvalue weighted by Gasteiger charge is 2.30. The third-order valence-electron chi connectivity index (χ3n) is 2.91. The maximum atomic E-state index is 11.9. The van der Waals surface area contributed by atoms with Crippen molar-refractivity contribution in [3.05, 3.63) is 0 Å². The molecule has 1 fully saturated rings. The van der Waals surface area contributed by atoms with Crippen LogP contribution in [0.4, 0.5) is 4.79 Å². The second kappa shape index (κ2) is 5.04. The van der Waals surface area contributed by atoms with Gasteiger partial charge in [-0.25, -0.2) is 4.79 Å². The zero-order valence-electron chi connectivity index (χ0n) is 11.0. The molecule has 0 aromatic carbocycles. The molecule has 0 aliphatic carbocycles. The Bertz CT molecular complexity index is 248.